The van der Waals surface area contributed by atoms with Crippen LogP contribution in [-0.2, 0) is 0 Å². The molecule has 2 nitrogen and oxygen atoms in total. The topological polar surface area (TPSA) is 20.3 Å². The second kappa shape index (κ2) is 6.00. The second-order valence-electron chi connectivity index (χ2n) is 5.65. The van der Waals surface area contributed by atoms with Gasteiger partial charge < -0.3 is 4.90 Å². The molecule has 0 unspecified atom stereocenters. The molecule has 4 rings (SSSR count). The molecule has 0 aliphatic carbocycles. The maximum atomic E-state index is 12.8. The Morgan fingerprint density at radius 2 is 1.88 bits per heavy atom. The third kappa shape index (κ3) is 2.60. The fourth-order valence-electron chi connectivity index (χ4n) is 2.90. The minimum Gasteiger partial charge on any atom is -0.338 e. The number of allylic oxidation sites excluding steroid dienone is 1. The normalized spacial score (nSPS) is 15.1. The number of ketones is 1. The van der Waals surface area contributed by atoms with Crippen LogP contribution in [0.25, 0.3) is 10.8 Å². The number of hydrogen-bond donors (Lipinski definition) is 0. The molecule has 1 aliphatic heterocycles. The van der Waals surface area contributed by atoms with Gasteiger partial charge in [0.1, 0.15) is 0 Å². The summed E-state index contributed by atoms with van der Waals surface area (Å²) in [5, 5.41) is 3.66. The molecule has 0 N–H and O–H groups in total. The van der Waals surface area contributed by atoms with Gasteiger partial charge in [-0.25, -0.2) is 0 Å². The van der Waals surface area contributed by atoms with Crippen molar-refractivity contribution >= 4 is 45.6 Å². The highest BCUT2D eigenvalue weighted by Gasteiger charge is 2.23. The molecule has 4 heteroatoms. The molecule has 3 aromatic carbocycles. The third-order valence-corrected chi connectivity index (χ3v) is 5.54. The smallest absolute Gasteiger partial charge is 0.189 e. The van der Waals surface area contributed by atoms with E-state index in [0.717, 1.165) is 31.9 Å². The molecule has 118 valence electrons. The Balaban J connectivity index is 1.73. The maximum absolute atomic E-state index is 12.8. The van der Waals surface area contributed by atoms with Crippen LogP contribution in [0.4, 0.5) is 5.69 Å². The number of hydrogen-bond acceptors (Lipinski definition) is 3. The number of fused-ring (bicyclic) bond motifs is 2. The van der Waals surface area contributed by atoms with E-state index in [-0.39, 0.29) is 5.78 Å². The summed E-state index contributed by atoms with van der Waals surface area (Å²) in [5.41, 5.74) is 1.76. The van der Waals surface area contributed by atoms with Crippen molar-refractivity contribution in [1.82, 2.24) is 0 Å². The summed E-state index contributed by atoms with van der Waals surface area (Å²) in [6, 6.07) is 19.6. The average molecular weight is 352 g/mol. The Morgan fingerprint density at radius 1 is 1.08 bits per heavy atom. The predicted molar refractivity (Wildman–Crippen MR) is 102 cm³/mol. The Kier molecular flexibility index (Phi) is 3.83. The zero-order chi connectivity index (χ0) is 16.7. The fourth-order valence-corrected chi connectivity index (χ4v) is 4.12. The predicted octanol–water partition coefficient (Wildman–Crippen LogP) is 5.76. The van der Waals surface area contributed by atoms with Gasteiger partial charge in [-0.1, -0.05) is 65.8 Å². The molecule has 0 radical (unpaired) electrons. The monoisotopic (exact) mass is 351 g/mol. The van der Waals surface area contributed by atoms with Gasteiger partial charge in [0.05, 0.1) is 10.7 Å². The van der Waals surface area contributed by atoms with Gasteiger partial charge in [0.2, 0.25) is 0 Å². The molecule has 0 amide bonds. The van der Waals surface area contributed by atoms with Crippen molar-refractivity contribution in [3.05, 3.63) is 82.4 Å². The number of carbonyl (C=O) groups is 1. The van der Waals surface area contributed by atoms with Crippen LogP contribution < -0.4 is 4.90 Å². The molecular formula is C20H14ClNOS. The van der Waals surface area contributed by atoms with Crippen LogP contribution in [0.15, 0.2) is 76.7 Å². The van der Waals surface area contributed by atoms with E-state index in [1.807, 2.05) is 72.6 Å². The Morgan fingerprint density at radius 3 is 2.75 bits per heavy atom. The number of anilines is 1. The van der Waals surface area contributed by atoms with Gasteiger partial charge in [-0.3, -0.25) is 4.79 Å². The third-order valence-electron chi connectivity index (χ3n) is 4.14. The Bertz CT molecular complexity index is 991. The molecule has 0 bridgehead atoms. The first-order valence-electron chi connectivity index (χ1n) is 7.58. The first kappa shape index (κ1) is 15.3. The lowest BCUT2D eigenvalue weighted by Gasteiger charge is -2.13. The molecule has 24 heavy (non-hydrogen) atoms. The van der Waals surface area contributed by atoms with Crippen molar-refractivity contribution < 1.29 is 4.79 Å². The van der Waals surface area contributed by atoms with Crippen molar-refractivity contribution in [2.75, 3.05) is 11.9 Å². The number of carbonyl (C=O) groups excluding carboxylic acids is 1. The van der Waals surface area contributed by atoms with Crippen LogP contribution in [0.5, 0.6) is 0 Å². The second-order valence-corrected chi connectivity index (χ2v) is 7.15. The minimum absolute atomic E-state index is 0.0139. The average Bonchev–Trinajstić information content (AvgIpc) is 2.90. The van der Waals surface area contributed by atoms with E-state index in [2.05, 4.69) is 0 Å². The van der Waals surface area contributed by atoms with Gasteiger partial charge in [-0.05, 0) is 29.0 Å². The van der Waals surface area contributed by atoms with E-state index in [1.54, 1.807) is 17.8 Å². The molecule has 0 fully saturated rings. The summed E-state index contributed by atoms with van der Waals surface area (Å²) >= 11 is 7.67. The van der Waals surface area contributed by atoms with E-state index in [0.29, 0.717) is 5.02 Å². The van der Waals surface area contributed by atoms with Gasteiger partial charge in [-0.15, -0.1) is 0 Å². The SMILES string of the molecule is CN1C(=CC(=O)c2cccc3ccccc23)Sc2ccc(Cl)cc21. The van der Waals surface area contributed by atoms with Crippen molar-refractivity contribution in [1.29, 1.82) is 0 Å². The molecule has 0 aromatic heterocycles. The van der Waals surface area contributed by atoms with E-state index in [9.17, 15) is 4.79 Å². The molecule has 0 atom stereocenters. The molecule has 0 saturated carbocycles. The summed E-state index contributed by atoms with van der Waals surface area (Å²) in [4.78, 5) is 16.0. The zero-order valence-electron chi connectivity index (χ0n) is 13.0. The first-order chi connectivity index (χ1) is 11.6. The Hall–Kier alpha value is -2.23. The van der Waals surface area contributed by atoms with Crippen LogP contribution >= 0.6 is 23.4 Å². The minimum atomic E-state index is 0.0139. The van der Waals surface area contributed by atoms with Crippen molar-refractivity contribution in [2.24, 2.45) is 0 Å². The van der Waals surface area contributed by atoms with Crippen LogP contribution in [0.2, 0.25) is 5.02 Å². The van der Waals surface area contributed by atoms with Crippen LogP contribution in [0, 0.1) is 0 Å². The van der Waals surface area contributed by atoms with E-state index in [1.165, 1.54) is 0 Å². The zero-order valence-corrected chi connectivity index (χ0v) is 14.6. The number of benzene rings is 3. The quantitative estimate of drug-likeness (QED) is 0.432. The summed E-state index contributed by atoms with van der Waals surface area (Å²) in [6.45, 7) is 0. The lowest BCUT2D eigenvalue weighted by atomic mass is 10.0. The highest BCUT2D eigenvalue weighted by molar-refractivity contribution is 8.03. The van der Waals surface area contributed by atoms with Gasteiger partial charge in [0.25, 0.3) is 0 Å². The van der Waals surface area contributed by atoms with Crippen molar-refractivity contribution in [3.8, 4) is 0 Å². The van der Waals surface area contributed by atoms with Crippen LogP contribution in [0.3, 0.4) is 0 Å². The Labute approximate surface area is 149 Å². The largest absolute Gasteiger partial charge is 0.338 e. The summed E-state index contributed by atoms with van der Waals surface area (Å²) in [7, 11) is 1.96. The van der Waals surface area contributed by atoms with Gasteiger partial charge in [0, 0.05) is 28.6 Å². The van der Waals surface area contributed by atoms with E-state index in [4.69, 9.17) is 11.6 Å². The summed E-state index contributed by atoms with van der Waals surface area (Å²) in [5.74, 6) is 0.0139. The first-order valence-corrected chi connectivity index (χ1v) is 8.78. The molecule has 1 heterocycles. The highest BCUT2D eigenvalue weighted by atomic mass is 35.5. The van der Waals surface area contributed by atoms with Crippen LogP contribution in [-0.4, -0.2) is 12.8 Å². The number of thioether (sulfide) groups is 1. The highest BCUT2D eigenvalue weighted by Crippen LogP contribution is 2.46. The molecule has 0 spiro atoms. The summed E-state index contributed by atoms with van der Waals surface area (Å²) < 4.78 is 0. The van der Waals surface area contributed by atoms with E-state index < -0.39 is 0 Å². The molecular weight excluding hydrogens is 338 g/mol. The molecule has 0 saturated heterocycles. The number of nitrogens with zero attached hydrogens (tertiary/aromatic N) is 1. The lowest BCUT2D eigenvalue weighted by molar-refractivity contribution is 0.104. The number of rotatable bonds is 2. The van der Waals surface area contributed by atoms with Gasteiger partial charge in [-0.2, -0.15) is 0 Å². The van der Waals surface area contributed by atoms with Crippen molar-refractivity contribution in [2.45, 2.75) is 4.90 Å². The standard InChI is InChI=1S/C20H14ClNOS/c1-22-17-11-14(21)9-10-19(17)24-20(22)12-18(23)16-8-4-6-13-5-2-3-7-15(13)16/h2-12H,1H3. The van der Waals surface area contributed by atoms with Gasteiger partial charge in [0.15, 0.2) is 5.78 Å². The molecule has 1 aliphatic rings. The van der Waals surface area contributed by atoms with Gasteiger partial charge >= 0.3 is 0 Å². The number of halogens is 1. The molecule has 3 aromatic rings. The fraction of sp³-hybridized carbons (Fsp3) is 0.0500. The lowest BCUT2D eigenvalue weighted by Crippen LogP contribution is -2.11. The maximum Gasteiger partial charge on any atom is 0.189 e. The summed E-state index contributed by atoms with van der Waals surface area (Å²) in [6.07, 6.45) is 1.71. The van der Waals surface area contributed by atoms with Crippen LogP contribution in [0.1, 0.15) is 10.4 Å². The van der Waals surface area contributed by atoms with Crippen molar-refractivity contribution in [3.63, 3.8) is 0 Å². The van der Waals surface area contributed by atoms with E-state index >= 15 is 0 Å².